The summed E-state index contributed by atoms with van der Waals surface area (Å²) in [5.74, 6) is 0.999. The van der Waals surface area contributed by atoms with Gasteiger partial charge in [0.2, 0.25) is 0 Å². The van der Waals surface area contributed by atoms with Gasteiger partial charge in [-0.2, -0.15) is 0 Å². The van der Waals surface area contributed by atoms with Gasteiger partial charge < -0.3 is 14.2 Å². The Labute approximate surface area is 140 Å². The second kappa shape index (κ2) is 5.71. The second-order valence-electron chi connectivity index (χ2n) is 6.02. The number of carbonyl (C=O) groups excluding carboxylic acids is 1. The van der Waals surface area contributed by atoms with Crippen molar-refractivity contribution in [1.82, 2.24) is 0 Å². The zero-order valence-corrected chi connectivity index (χ0v) is 13.7. The van der Waals surface area contributed by atoms with E-state index >= 15 is 0 Å². The molecule has 122 valence electrons. The fourth-order valence-corrected chi connectivity index (χ4v) is 3.66. The maximum absolute atomic E-state index is 12.3. The van der Waals surface area contributed by atoms with Crippen LogP contribution in [0.2, 0.25) is 0 Å². The van der Waals surface area contributed by atoms with Crippen molar-refractivity contribution in [2.75, 3.05) is 20.8 Å². The van der Waals surface area contributed by atoms with Crippen LogP contribution in [0.5, 0.6) is 11.5 Å². The molecule has 0 N–H and O–H groups in total. The van der Waals surface area contributed by atoms with Crippen molar-refractivity contribution in [2.45, 2.75) is 12.3 Å². The van der Waals surface area contributed by atoms with Gasteiger partial charge in [0, 0.05) is 5.92 Å². The van der Waals surface area contributed by atoms with Crippen molar-refractivity contribution in [2.24, 2.45) is 0 Å². The molecule has 0 aromatic heterocycles. The Morgan fingerprint density at radius 2 is 1.83 bits per heavy atom. The van der Waals surface area contributed by atoms with E-state index in [0.717, 1.165) is 28.7 Å². The van der Waals surface area contributed by atoms with Crippen LogP contribution in [-0.2, 0) is 16.0 Å². The summed E-state index contributed by atoms with van der Waals surface area (Å²) in [6.45, 7) is 0.395. The summed E-state index contributed by atoms with van der Waals surface area (Å²) in [5.41, 5.74) is 5.27. The molecule has 4 nitrogen and oxygen atoms in total. The van der Waals surface area contributed by atoms with Crippen LogP contribution in [0, 0.1) is 0 Å². The number of hydrogen-bond donors (Lipinski definition) is 0. The van der Waals surface area contributed by atoms with Gasteiger partial charge in [-0.25, -0.2) is 4.79 Å². The van der Waals surface area contributed by atoms with Crippen molar-refractivity contribution in [3.05, 3.63) is 70.3 Å². The van der Waals surface area contributed by atoms with Crippen molar-refractivity contribution in [3.8, 4) is 11.5 Å². The number of fused-ring (bicyclic) bond motifs is 1. The van der Waals surface area contributed by atoms with E-state index in [1.165, 1.54) is 5.56 Å². The van der Waals surface area contributed by atoms with Crippen LogP contribution < -0.4 is 9.47 Å². The Bertz CT molecular complexity index is 850. The largest absolute Gasteiger partial charge is 0.493 e. The summed E-state index contributed by atoms with van der Waals surface area (Å²) in [5, 5.41) is 0. The van der Waals surface area contributed by atoms with E-state index < -0.39 is 0 Å². The first-order valence-corrected chi connectivity index (χ1v) is 7.91. The van der Waals surface area contributed by atoms with Gasteiger partial charge in [0.1, 0.15) is 6.61 Å². The first kappa shape index (κ1) is 14.8. The van der Waals surface area contributed by atoms with Crippen molar-refractivity contribution in [3.63, 3.8) is 0 Å². The third-order valence-corrected chi connectivity index (χ3v) is 4.78. The molecule has 1 unspecified atom stereocenters. The van der Waals surface area contributed by atoms with Crippen LogP contribution >= 0.6 is 0 Å². The average Bonchev–Trinajstić information content (AvgIpc) is 2.99. The van der Waals surface area contributed by atoms with E-state index in [2.05, 4.69) is 12.1 Å². The molecule has 1 aliphatic heterocycles. The number of methoxy groups -OCH3 is 2. The van der Waals surface area contributed by atoms with E-state index in [-0.39, 0.29) is 11.9 Å². The van der Waals surface area contributed by atoms with Gasteiger partial charge in [0.15, 0.2) is 11.5 Å². The Balaban J connectivity index is 1.90. The SMILES string of the molecule is COc1ccc(C2C3=C(COC3=O)Cc3ccccc32)cc1OC. The zero-order chi connectivity index (χ0) is 16.7. The molecule has 1 aliphatic carbocycles. The minimum atomic E-state index is -0.209. The lowest BCUT2D eigenvalue weighted by molar-refractivity contribution is -0.136. The molecule has 0 amide bonds. The Morgan fingerprint density at radius 3 is 2.62 bits per heavy atom. The van der Waals surface area contributed by atoms with Crippen LogP contribution in [0.4, 0.5) is 0 Å². The molecule has 1 heterocycles. The van der Waals surface area contributed by atoms with Crippen molar-refractivity contribution >= 4 is 5.97 Å². The Hall–Kier alpha value is -2.75. The van der Waals surface area contributed by atoms with Gasteiger partial charge in [-0.3, -0.25) is 0 Å². The third kappa shape index (κ3) is 2.18. The van der Waals surface area contributed by atoms with Gasteiger partial charge >= 0.3 is 5.97 Å². The number of rotatable bonds is 3. The Morgan fingerprint density at radius 1 is 1.04 bits per heavy atom. The van der Waals surface area contributed by atoms with E-state index in [9.17, 15) is 4.79 Å². The molecule has 0 fully saturated rings. The van der Waals surface area contributed by atoms with Crippen LogP contribution in [-0.4, -0.2) is 26.8 Å². The number of benzene rings is 2. The molecule has 4 rings (SSSR count). The standard InChI is InChI=1S/C20H18O4/c1-22-16-8-7-13(10-17(16)23-2)18-15-6-4-3-5-12(15)9-14-11-24-20(21)19(14)18/h3-8,10,18H,9,11H2,1-2H3. The van der Waals surface area contributed by atoms with Gasteiger partial charge in [-0.15, -0.1) is 0 Å². The van der Waals surface area contributed by atoms with Crippen LogP contribution in [0.1, 0.15) is 22.6 Å². The lowest BCUT2D eigenvalue weighted by atomic mass is 9.75. The average molecular weight is 322 g/mol. The smallest absolute Gasteiger partial charge is 0.335 e. The predicted octanol–water partition coefficient (Wildman–Crippen LogP) is 3.25. The second-order valence-corrected chi connectivity index (χ2v) is 6.02. The Kier molecular flexibility index (Phi) is 3.53. The minimum absolute atomic E-state index is 0.125. The molecular formula is C20H18O4. The van der Waals surface area contributed by atoms with Crippen molar-refractivity contribution < 1.29 is 19.0 Å². The number of esters is 1. The molecule has 4 heteroatoms. The molecule has 0 saturated heterocycles. The molecule has 2 aliphatic rings. The summed E-state index contributed by atoms with van der Waals surface area (Å²) in [6, 6.07) is 14.1. The highest BCUT2D eigenvalue weighted by Crippen LogP contribution is 2.45. The van der Waals surface area contributed by atoms with Crippen LogP contribution in [0.3, 0.4) is 0 Å². The molecule has 0 bridgehead atoms. The molecular weight excluding hydrogens is 304 g/mol. The molecule has 24 heavy (non-hydrogen) atoms. The maximum atomic E-state index is 12.3. The van der Waals surface area contributed by atoms with Gasteiger partial charge in [0.05, 0.1) is 19.8 Å². The van der Waals surface area contributed by atoms with E-state index in [1.807, 2.05) is 30.3 Å². The first-order valence-electron chi connectivity index (χ1n) is 7.91. The highest BCUT2D eigenvalue weighted by Gasteiger charge is 2.38. The van der Waals surface area contributed by atoms with Crippen LogP contribution in [0.25, 0.3) is 0 Å². The fraction of sp³-hybridized carbons (Fsp3) is 0.250. The monoisotopic (exact) mass is 322 g/mol. The van der Waals surface area contributed by atoms with E-state index in [0.29, 0.717) is 18.1 Å². The number of carbonyl (C=O) groups is 1. The third-order valence-electron chi connectivity index (χ3n) is 4.78. The molecule has 1 atom stereocenters. The molecule has 2 aromatic rings. The minimum Gasteiger partial charge on any atom is -0.493 e. The zero-order valence-electron chi connectivity index (χ0n) is 13.7. The molecule has 0 spiro atoms. The highest BCUT2D eigenvalue weighted by atomic mass is 16.5. The number of ether oxygens (including phenoxy) is 3. The van der Waals surface area contributed by atoms with Crippen molar-refractivity contribution in [1.29, 1.82) is 0 Å². The van der Waals surface area contributed by atoms with Gasteiger partial charge in [0.25, 0.3) is 0 Å². The van der Waals surface area contributed by atoms with Gasteiger partial charge in [-0.05, 0) is 40.8 Å². The number of hydrogen-bond acceptors (Lipinski definition) is 4. The van der Waals surface area contributed by atoms with Crippen LogP contribution in [0.15, 0.2) is 53.6 Å². The highest BCUT2D eigenvalue weighted by molar-refractivity contribution is 5.95. The molecule has 2 aromatic carbocycles. The van der Waals surface area contributed by atoms with E-state index in [4.69, 9.17) is 14.2 Å². The topological polar surface area (TPSA) is 44.8 Å². The number of cyclic esters (lactones) is 1. The molecule has 0 radical (unpaired) electrons. The quantitative estimate of drug-likeness (QED) is 0.814. The normalized spacial score (nSPS) is 18.8. The summed E-state index contributed by atoms with van der Waals surface area (Å²) < 4.78 is 16.1. The summed E-state index contributed by atoms with van der Waals surface area (Å²) in [4.78, 5) is 12.3. The summed E-state index contributed by atoms with van der Waals surface area (Å²) in [7, 11) is 3.23. The lowest BCUT2D eigenvalue weighted by Gasteiger charge is -2.26. The van der Waals surface area contributed by atoms with Gasteiger partial charge in [-0.1, -0.05) is 30.3 Å². The predicted molar refractivity (Wildman–Crippen MR) is 89.5 cm³/mol. The maximum Gasteiger partial charge on any atom is 0.335 e. The fourth-order valence-electron chi connectivity index (χ4n) is 3.66. The first-order chi connectivity index (χ1) is 11.7. The summed E-state index contributed by atoms with van der Waals surface area (Å²) >= 11 is 0. The summed E-state index contributed by atoms with van der Waals surface area (Å²) in [6.07, 6.45) is 0.779. The lowest BCUT2D eigenvalue weighted by Crippen LogP contribution is -2.18. The van der Waals surface area contributed by atoms with E-state index in [1.54, 1.807) is 14.2 Å². The molecule has 0 saturated carbocycles.